The first-order valence-corrected chi connectivity index (χ1v) is 12.9. The highest BCUT2D eigenvalue weighted by molar-refractivity contribution is 5.89. The molecule has 0 saturated carbocycles. The molecule has 0 heterocycles. The standard InChI is InChI=1S/C28H37F3N2O5/c1-4-6-7-8-9-18-33(26(36)32-22-13-15-23(16-14-22)38-28(29,30)31)19-17-21-11-10-12-24(20-21)37-27(3,5-2)25(34)35/h10-16,20H,4-9,17-19H2,1-3H3,(H,32,36)(H,34,35)/t27-/m1/s1. The third-order valence-corrected chi connectivity index (χ3v) is 6.20. The number of urea groups is 1. The first kappa shape index (κ1) is 30.8. The SMILES string of the molecule is CCCCCCCN(CCc1cccc(O[C@](C)(CC)C(=O)O)c1)C(=O)Nc1ccc(OC(F)(F)F)cc1. The summed E-state index contributed by atoms with van der Waals surface area (Å²) in [4.78, 5) is 26.3. The van der Waals surface area contributed by atoms with E-state index in [1.54, 1.807) is 30.0 Å². The zero-order valence-corrected chi connectivity index (χ0v) is 22.1. The van der Waals surface area contributed by atoms with Gasteiger partial charge in [0.1, 0.15) is 11.5 Å². The van der Waals surface area contributed by atoms with Crippen molar-refractivity contribution < 1.29 is 37.3 Å². The Kier molecular flexibility index (Phi) is 11.7. The van der Waals surface area contributed by atoms with Crippen LogP contribution in [0, 0.1) is 0 Å². The number of halogens is 3. The molecule has 0 fully saturated rings. The molecule has 2 aromatic carbocycles. The molecule has 2 aromatic rings. The summed E-state index contributed by atoms with van der Waals surface area (Å²) in [5.74, 6) is -0.979. The van der Waals surface area contributed by atoms with Gasteiger partial charge in [-0.05, 0) is 68.1 Å². The number of aliphatic carboxylic acids is 1. The molecular formula is C28H37F3N2O5. The Bertz CT molecular complexity index is 1030. The smallest absolute Gasteiger partial charge is 0.478 e. The van der Waals surface area contributed by atoms with Crippen LogP contribution in [-0.2, 0) is 11.2 Å². The van der Waals surface area contributed by atoms with Crippen molar-refractivity contribution in [2.45, 2.75) is 77.7 Å². The summed E-state index contributed by atoms with van der Waals surface area (Å²) in [7, 11) is 0. The van der Waals surface area contributed by atoms with Crippen LogP contribution in [-0.4, -0.2) is 47.1 Å². The van der Waals surface area contributed by atoms with Crippen LogP contribution in [0.4, 0.5) is 23.7 Å². The maximum Gasteiger partial charge on any atom is 0.573 e. The molecule has 0 radical (unpaired) electrons. The average molecular weight is 539 g/mol. The number of ether oxygens (including phenoxy) is 2. The summed E-state index contributed by atoms with van der Waals surface area (Å²) in [6.45, 7) is 6.30. The van der Waals surface area contributed by atoms with Gasteiger partial charge in [0.25, 0.3) is 0 Å². The highest BCUT2D eigenvalue weighted by atomic mass is 19.4. The number of amides is 2. The number of carboxylic acid groups (broad SMARTS) is 1. The molecule has 0 aromatic heterocycles. The fourth-order valence-corrected chi connectivity index (χ4v) is 3.72. The molecule has 2 rings (SSSR count). The van der Waals surface area contributed by atoms with Gasteiger partial charge < -0.3 is 24.8 Å². The largest absolute Gasteiger partial charge is 0.573 e. The Hall–Kier alpha value is -3.43. The zero-order chi connectivity index (χ0) is 28.2. The van der Waals surface area contributed by atoms with Crippen molar-refractivity contribution in [2.75, 3.05) is 18.4 Å². The van der Waals surface area contributed by atoms with Crippen LogP contribution in [0.2, 0.25) is 0 Å². The van der Waals surface area contributed by atoms with Crippen molar-refractivity contribution in [2.24, 2.45) is 0 Å². The Morgan fingerprint density at radius 2 is 1.61 bits per heavy atom. The molecule has 0 aliphatic carbocycles. The molecule has 0 aliphatic heterocycles. The van der Waals surface area contributed by atoms with Gasteiger partial charge in [0.15, 0.2) is 0 Å². The lowest BCUT2D eigenvalue weighted by atomic mass is 10.0. The molecule has 210 valence electrons. The van der Waals surface area contributed by atoms with Crippen LogP contribution in [0.3, 0.4) is 0 Å². The summed E-state index contributed by atoms with van der Waals surface area (Å²) < 4.78 is 46.8. The van der Waals surface area contributed by atoms with Gasteiger partial charge in [-0.25, -0.2) is 9.59 Å². The van der Waals surface area contributed by atoms with Crippen molar-refractivity contribution in [3.05, 3.63) is 54.1 Å². The quantitative estimate of drug-likeness (QED) is 0.233. The van der Waals surface area contributed by atoms with Gasteiger partial charge in [-0.3, -0.25) is 0 Å². The lowest BCUT2D eigenvalue weighted by Crippen LogP contribution is -2.40. The van der Waals surface area contributed by atoms with Crippen LogP contribution in [0.5, 0.6) is 11.5 Å². The number of alkyl halides is 3. The van der Waals surface area contributed by atoms with E-state index in [2.05, 4.69) is 17.0 Å². The van der Waals surface area contributed by atoms with Crippen molar-refractivity contribution in [3.63, 3.8) is 0 Å². The summed E-state index contributed by atoms with van der Waals surface area (Å²) in [6, 6.07) is 11.8. The molecule has 0 spiro atoms. The number of hydrogen-bond donors (Lipinski definition) is 2. The van der Waals surface area contributed by atoms with Gasteiger partial charge in [0, 0.05) is 18.8 Å². The molecule has 10 heteroatoms. The highest BCUT2D eigenvalue weighted by Crippen LogP contribution is 2.25. The summed E-state index contributed by atoms with van der Waals surface area (Å²) >= 11 is 0. The first-order valence-electron chi connectivity index (χ1n) is 12.9. The number of unbranched alkanes of at least 4 members (excludes halogenated alkanes) is 4. The van der Waals surface area contributed by atoms with E-state index >= 15 is 0 Å². The molecule has 2 amide bonds. The Morgan fingerprint density at radius 3 is 2.21 bits per heavy atom. The van der Waals surface area contributed by atoms with Crippen LogP contribution in [0.25, 0.3) is 0 Å². The molecule has 7 nitrogen and oxygen atoms in total. The van der Waals surface area contributed by atoms with Crippen molar-refractivity contribution in [1.29, 1.82) is 0 Å². The number of anilines is 1. The van der Waals surface area contributed by atoms with Crippen LogP contribution < -0.4 is 14.8 Å². The molecule has 38 heavy (non-hydrogen) atoms. The molecule has 0 aliphatic rings. The van der Waals surface area contributed by atoms with Crippen LogP contribution in [0.15, 0.2) is 48.5 Å². The van der Waals surface area contributed by atoms with E-state index in [0.717, 1.165) is 49.8 Å². The molecule has 0 saturated heterocycles. The number of carboxylic acids is 1. The van der Waals surface area contributed by atoms with E-state index in [0.29, 0.717) is 37.4 Å². The molecule has 0 bridgehead atoms. The van der Waals surface area contributed by atoms with E-state index in [4.69, 9.17) is 4.74 Å². The normalized spacial score (nSPS) is 12.9. The minimum absolute atomic E-state index is 0.294. The Morgan fingerprint density at radius 1 is 0.921 bits per heavy atom. The lowest BCUT2D eigenvalue weighted by Gasteiger charge is -2.25. The maximum atomic E-state index is 13.0. The molecule has 2 N–H and O–H groups in total. The third kappa shape index (κ3) is 10.5. The minimum Gasteiger partial charge on any atom is -0.478 e. The molecular weight excluding hydrogens is 501 g/mol. The number of hydrogen-bond acceptors (Lipinski definition) is 4. The van der Waals surface area contributed by atoms with E-state index in [-0.39, 0.29) is 11.8 Å². The molecule has 0 unspecified atom stereocenters. The first-order chi connectivity index (χ1) is 18.0. The Balaban J connectivity index is 2.06. The van der Waals surface area contributed by atoms with Crippen molar-refractivity contribution in [3.8, 4) is 11.5 Å². The monoisotopic (exact) mass is 538 g/mol. The van der Waals surface area contributed by atoms with Gasteiger partial charge in [0.05, 0.1) is 0 Å². The fourth-order valence-electron chi connectivity index (χ4n) is 3.72. The van der Waals surface area contributed by atoms with Gasteiger partial charge in [-0.15, -0.1) is 13.2 Å². The van der Waals surface area contributed by atoms with Gasteiger partial charge in [-0.1, -0.05) is 51.7 Å². The number of nitrogens with one attached hydrogen (secondary N) is 1. The third-order valence-electron chi connectivity index (χ3n) is 6.20. The maximum absolute atomic E-state index is 13.0. The number of carbonyl (C=O) groups excluding carboxylic acids is 1. The second-order valence-electron chi connectivity index (χ2n) is 9.29. The summed E-state index contributed by atoms with van der Waals surface area (Å²) in [5, 5.41) is 12.2. The topological polar surface area (TPSA) is 88.1 Å². The van der Waals surface area contributed by atoms with Crippen LogP contribution >= 0.6 is 0 Å². The second-order valence-corrected chi connectivity index (χ2v) is 9.29. The zero-order valence-electron chi connectivity index (χ0n) is 22.1. The average Bonchev–Trinajstić information content (AvgIpc) is 2.86. The Labute approximate surface area is 221 Å². The highest BCUT2D eigenvalue weighted by Gasteiger charge is 2.33. The van der Waals surface area contributed by atoms with Gasteiger partial charge in [-0.2, -0.15) is 0 Å². The predicted molar refractivity (Wildman–Crippen MR) is 140 cm³/mol. The van der Waals surface area contributed by atoms with E-state index in [1.165, 1.54) is 19.1 Å². The lowest BCUT2D eigenvalue weighted by molar-refractivity contribution is -0.274. The summed E-state index contributed by atoms with van der Waals surface area (Å²) in [6.07, 6.45) is 1.12. The fraction of sp³-hybridized carbons (Fsp3) is 0.500. The number of rotatable bonds is 15. The molecule has 1 atom stereocenters. The van der Waals surface area contributed by atoms with Crippen molar-refractivity contribution >= 4 is 17.7 Å². The van der Waals surface area contributed by atoms with Crippen molar-refractivity contribution in [1.82, 2.24) is 4.90 Å². The van der Waals surface area contributed by atoms with E-state index in [1.807, 2.05) is 6.07 Å². The summed E-state index contributed by atoms with van der Waals surface area (Å²) in [5.41, 5.74) is -0.115. The predicted octanol–water partition coefficient (Wildman–Crippen LogP) is 7.26. The van der Waals surface area contributed by atoms with Gasteiger partial charge in [0.2, 0.25) is 5.60 Å². The number of carbonyl (C=O) groups is 2. The van der Waals surface area contributed by atoms with Crippen LogP contribution in [0.1, 0.15) is 64.9 Å². The van der Waals surface area contributed by atoms with Gasteiger partial charge >= 0.3 is 18.4 Å². The minimum atomic E-state index is -4.79. The van der Waals surface area contributed by atoms with E-state index in [9.17, 15) is 27.9 Å². The van der Waals surface area contributed by atoms with E-state index < -0.39 is 17.9 Å². The second kappa shape index (κ2) is 14.5. The number of benzene rings is 2. The number of nitrogens with zero attached hydrogens (tertiary/aromatic N) is 1.